The van der Waals surface area contributed by atoms with E-state index in [4.69, 9.17) is 4.74 Å². The molecule has 1 saturated heterocycles. The van der Waals surface area contributed by atoms with Crippen LogP contribution in [0, 0.1) is 23.2 Å². The summed E-state index contributed by atoms with van der Waals surface area (Å²) in [5.74, 6) is 1.05. The first-order valence-electron chi connectivity index (χ1n) is 7.58. The number of nitrogens with one attached hydrogen (secondary N) is 1. The Morgan fingerprint density at radius 3 is 3.05 bits per heavy atom. The van der Waals surface area contributed by atoms with Crippen LogP contribution in [0.5, 0.6) is 0 Å². The van der Waals surface area contributed by atoms with Gasteiger partial charge in [0.05, 0.1) is 5.92 Å². The predicted octanol–water partition coefficient (Wildman–Crippen LogP) is 2.52. The molecule has 106 valence electrons. The Hall–Kier alpha value is -0.830. The highest BCUT2D eigenvalue weighted by molar-refractivity contribution is 5.75. The maximum atomic E-state index is 12.0. The zero-order valence-electron chi connectivity index (χ0n) is 12.1. The number of esters is 1. The fraction of sp³-hybridized carbons (Fsp3) is 0.812. The third kappa shape index (κ3) is 2.03. The molecular weight excluding hydrogens is 238 g/mol. The van der Waals surface area contributed by atoms with Crippen LogP contribution in [-0.2, 0) is 9.53 Å². The number of ether oxygens (including phenoxy) is 1. The molecular formula is C16H25NO2. The van der Waals surface area contributed by atoms with Gasteiger partial charge in [0.25, 0.3) is 0 Å². The van der Waals surface area contributed by atoms with Gasteiger partial charge in [-0.15, -0.1) is 0 Å². The van der Waals surface area contributed by atoms with E-state index in [0.29, 0.717) is 17.3 Å². The van der Waals surface area contributed by atoms with Crippen LogP contribution in [0.25, 0.3) is 0 Å². The van der Waals surface area contributed by atoms with Crippen LogP contribution in [0.3, 0.4) is 0 Å². The minimum atomic E-state index is 0.0113. The molecule has 1 aliphatic heterocycles. The molecule has 0 aromatic rings. The van der Waals surface area contributed by atoms with Crippen LogP contribution in [0.4, 0.5) is 0 Å². The summed E-state index contributed by atoms with van der Waals surface area (Å²) >= 11 is 0. The van der Waals surface area contributed by atoms with Gasteiger partial charge >= 0.3 is 5.97 Å². The first kappa shape index (κ1) is 13.2. The van der Waals surface area contributed by atoms with Crippen molar-refractivity contribution in [3.05, 3.63) is 12.2 Å². The van der Waals surface area contributed by atoms with Gasteiger partial charge in [0.1, 0.15) is 6.10 Å². The lowest BCUT2D eigenvalue weighted by molar-refractivity contribution is -0.145. The number of fused-ring (bicyclic) bond motifs is 2. The minimum Gasteiger partial charge on any atom is -0.462 e. The van der Waals surface area contributed by atoms with Crippen LogP contribution >= 0.6 is 0 Å². The van der Waals surface area contributed by atoms with Gasteiger partial charge in [-0.3, -0.25) is 4.79 Å². The maximum absolute atomic E-state index is 12.0. The molecule has 3 nitrogen and oxygen atoms in total. The number of hydrogen-bond acceptors (Lipinski definition) is 3. The van der Waals surface area contributed by atoms with Crippen molar-refractivity contribution in [1.82, 2.24) is 5.32 Å². The fourth-order valence-electron chi connectivity index (χ4n) is 4.71. The van der Waals surface area contributed by atoms with E-state index < -0.39 is 0 Å². The van der Waals surface area contributed by atoms with E-state index >= 15 is 0 Å². The van der Waals surface area contributed by atoms with Crippen molar-refractivity contribution < 1.29 is 9.53 Å². The molecule has 0 amide bonds. The van der Waals surface area contributed by atoms with E-state index in [1.807, 2.05) is 7.05 Å². The van der Waals surface area contributed by atoms with Crippen LogP contribution < -0.4 is 5.32 Å². The average molecular weight is 263 g/mol. The second-order valence-corrected chi connectivity index (χ2v) is 6.96. The maximum Gasteiger partial charge on any atom is 0.310 e. The number of carbonyl (C=O) groups excluding carboxylic acids is 1. The minimum absolute atomic E-state index is 0.0113. The van der Waals surface area contributed by atoms with E-state index in [9.17, 15) is 4.79 Å². The van der Waals surface area contributed by atoms with E-state index in [1.165, 1.54) is 24.8 Å². The van der Waals surface area contributed by atoms with Crippen LogP contribution in [0.15, 0.2) is 12.2 Å². The lowest BCUT2D eigenvalue weighted by Gasteiger charge is -2.50. The Balaban J connectivity index is 1.84. The van der Waals surface area contributed by atoms with Gasteiger partial charge in [0.2, 0.25) is 0 Å². The highest BCUT2D eigenvalue weighted by Gasteiger charge is 2.54. The van der Waals surface area contributed by atoms with Gasteiger partial charge in [-0.05, 0) is 50.5 Å². The van der Waals surface area contributed by atoms with Crippen LogP contribution in [0.1, 0.15) is 39.0 Å². The van der Waals surface area contributed by atoms with Crippen molar-refractivity contribution in [3.63, 3.8) is 0 Å². The number of carbonyl (C=O) groups is 1. The Morgan fingerprint density at radius 2 is 2.32 bits per heavy atom. The smallest absolute Gasteiger partial charge is 0.310 e. The highest BCUT2D eigenvalue weighted by Crippen LogP contribution is 2.56. The molecule has 3 aliphatic rings. The summed E-state index contributed by atoms with van der Waals surface area (Å²) in [5.41, 5.74) is 1.72. The molecule has 1 heterocycles. The van der Waals surface area contributed by atoms with Gasteiger partial charge in [-0.2, -0.15) is 0 Å². The summed E-state index contributed by atoms with van der Waals surface area (Å²) in [7, 11) is 1.91. The highest BCUT2D eigenvalue weighted by atomic mass is 16.6. The van der Waals surface area contributed by atoms with E-state index in [2.05, 4.69) is 18.8 Å². The Morgan fingerprint density at radius 1 is 1.53 bits per heavy atom. The third-order valence-electron chi connectivity index (χ3n) is 5.74. The summed E-state index contributed by atoms with van der Waals surface area (Å²) in [6.45, 7) is 7.43. The Kier molecular flexibility index (Phi) is 3.20. The van der Waals surface area contributed by atoms with Crippen molar-refractivity contribution >= 4 is 5.97 Å². The summed E-state index contributed by atoms with van der Waals surface area (Å²) in [6, 6.07) is 0. The molecule has 0 spiro atoms. The van der Waals surface area contributed by atoms with E-state index in [0.717, 1.165) is 19.4 Å². The van der Waals surface area contributed by atoms with Crippen molar-refractivity contribution in [3.8, 4) is 0 Å². The monoisotopic (exact) mass is 263 g/mol. The standard InChI is InChI=1S/C16H25NO2/c1-10-5-4-6-16(2)8-14-11(7-13(10)16)12(9-17-3)15(18)19-14/h11-14,17H,1,4-9H2,2-3H3/t11-,12+,13+,14-,16-/m1/s1. The quantitative estimate of drug-likeness (QED) is 0.614. The van der Waals surface area contributed by atoms with Crippen molar-refractivity contribution in [2.45, 2.75) is 45.1 Å². The molecule has 0 unspecified atom stereocenters. The topological polar surface area (TPSA) is 38.3 Å². The molecule has 0 radical (unpaired) electrons. The summed E-state index contributed by atoms with van der Waals surface area (Å²) in [6.07, 6.45) is 5.96. The molecule has 0 aromatic heterocycles. The molecule has 2 saturated carbocycles. The van der Waals surface area contributed by atoms with Crippen molar-refractivity contribution in [2.75, 3.05) is 13.6 Å². The second kappa shape index (κ2) is 4.62. The SMILES string of the molecule is C=C1CCC[C@]2(C)C[C@H]3OC(=O)[C@@H](CNC)[C@H]3C[C@@H]12. The lowest BCUT2D eigenvalue weighted by atomic mass is 9.55. The fourth-order valence-corrected chi connectivity index (χ4v) is 4.71. The third-order valence-corrected chi connectivity index (χ3v) is 5.74. The molecule has 3 rings (SSSR count). The van der Waals surface area contributed by atoms with Crippen LogP contribution in [-0.4, -0.2) is 25.7 Å². The molecule has 0 aromatic carbocycles. The lowest BCUT2D eigenvalue weighted by Crippen LogP contribution is -2.45. The summed E-state index contributed by atoms with van der Waals surface area (Å²) in [5, 5.41) is 3.14. The molecule has 3 fully saturated rings. The molecule has 1 N–H and O–H groups in total. The van der Waals surface area contributed by atoms with Crippen molar-refractivity contribution in [2.24, 2.45) is 23.2 Å². The van der Waals surface area contributed by atoms with Gasteiger partial charge in [-0.25, -0.2) is 0 Å². The largest absolute Gasteiger partial charge is 0.462 e. The van der Waals surface area contributed by atoms with E-state index in [1.54, 1.807) is 0 Å². The zero-order chi connectivity index (χ0) is 13.6. The average Bonchev–Trinajstić information content (AvgIpc) is 2.63. The number of rotatable bonds is 2. The zero-order valence-corrected chi connectivity index (χ0v) is 12.1. The predicted molar refractivity (Wildman–Crippen MR) is 74.6 cm³/mol. The van der Waals surface area contributed by atoms with Gasteiger partial charge < -0.3 is 10.1 Å². The normalized spacial score (nSPS) is 45.6. The van der Waals surface area contributed by atoms with Gasteiger partial charge in [0.15, 0.2) is 0 Å². The Labute approximate surface area is 115 Å². The number of hydrogen-bond donors (Lipinski definition) is 1. The Bertz CT molecular complexity index is 406. The summed E-state index contributed by atoms with van der Waals surface area (Å²) < 4.78 is 5.67. The van der Waals surface area contributed by atoms with Crippen molar-refractivity contribution in [1.29, 1.82) is 0 Å². The first-order chi connectivity index (χ1) is 9.05. The molecule has 0 bridgehead atoms. The first-order valence-corrected chi connectivity index (χ1v) is 7.58. The van der Waals surface area contributed by atoms with Crippen LogP contribution in [0.2, 0.25) is 0 Å². The summed E-state index contributed by atoms with van der Waals surface area (Å²) in [4.78, 5) is 12.0. The molecule has 3 heteroatoms. The molecule has 19 heavy (non-hydrogen) atoms. The van der Waals surface area contributed by atoms with Gasteiger partial charge in [-0.1, -0.05) is 19.1 Å². The van der Waals surface area contributed by atoms with E-state index in [-0.39, 0.29) is 18.0 Å². The molecule has 2 aliphatic carbocycles. The molecule has 5 atom stereocenters. The second-order valence-electron chi connectivity index (χ2n) is 6.96. The van der Waals surface area contributed by atoms with Gasteiger partial charge in [0, 0.05) is 12.5 Å². The number of allylic oxidation sites excluding steroid dienone is 1.